The Morgan fingerprint density at radius 1 is 1.53 bits per heavy atom. The van der Waals surface area contributed by atoms with Gasteiger partial charge in [-0.25, -0.2) is 4.39 Å². The van der Waals surface area contributed by atoms with E-state index < -0.39 is 0 Å². The summed E-state index contributed by atoms with van der Waals surface area (Å²) in [4.78, 5) is 0. The maximum atomic E-state index is 14.3. The minimum atomic E-state index is -0.162. The number of hydrogen-bond donors (Lipinski definition) is 1. The lowest BCUT2D eigenvalue weighted by Crippen LogP contribution is -2.29. The Kier molecular flexibility index (Phi) is 4.37. The van der Waals surface area contributed by atoms with Crippen molar-refractivity contribution in [2.75, 3.05) is 20.2 Å². The molecule has 17 heavy (non-hydrogen) atoms. The highest BCUT2D eigenvalue weighted by Crippen LogP contribution is 2.30. The molecule has 1 saturated heterocycles. The van der Waals surface area contributed by atoms with Gasteiger partial charge in [0, 0.05) is 24.2 Å². The van der Waals surface area contributed by atoms with Gasteiger partial charge in [-0.1, -0.05) is 11.6 Å². The Balaban J connectivity index is 2.31. The first-order valence-electron chi connectivity index (χ1n) is 5.90. The van der Waals surface area contributed by atoms with Gasteiger partial charge in [0.15, 0.2) is 0 Å². The van der Waals surface area contributed by atoms with Crippen LogP contribution >= 0.6 is 11.6 Å². The molecular formula is C13H17ClFNO. The standard InChI is InChI=1S/C13H17ClFNO/c1-17-8-10-5-11(14)6-12(13(10)15)9-3-2-4-16-7-9/h5-6,9,16H,2-4,7-8H2,1H3. The van der Waals surface area contributed by atoms with E-state index in [1.165, 1.54) is 0 Å². The average Bonchev–Trinajstić information content (AvgIpc) is 2.35. The van der Waals surface area contributed by atoms with Crippen LogP contribution in [-0.4, -0.2) is 20.2 Å². The third-order valence-corrected chi connectivity index (χ3v) is 3.40. The van der Waals surface area contributed by atoms with Crippen LogP contribution < -0.4 is 5.32 Å². The van der Waals surface area contributed by atoms with Crippen LogP contribution in [0.3, 0.4) is 0 Å². The maximum absolute atomic E-state index is 14.3. The highest BCUT2D eigenvalue weighted by molar-refractivity contribution is 6.30. The number of methoxy groups -OCH3 is 1. The molecule has 0 saturated carbocycles. The fourth-order valence-electron chi connectivity index (χ4n) is 2.34. The molecule has 94 valence electrons. The van der Waals surface area contributed by atoms with Crippen molar-refractivity contribution in [3.63, 3.8) is 0 Å². The molecular weight excluding hydrogens is 241 g/mol. The van der Waals surface area contributed by atoms with E-state index in [2.05, 4.69) is 5.32 Å². The quantitative estimate of drug-likeness (QED) is 0.899. The van der Waals surface area contributed by atoms with Crippen LogP contribution in [0.15, 0.2) is 12.1 Å². The summed E-state index contributed by atoms with van der Waals surface area (Å²) in [5.74, 6) is 0.0583. The number of nitrogens with one attached hydrogen (secondary N) is 1. The summed E-state index contributed by atoms with van der Waals surface area (Å²) < 4.78 is 19.2. The van der Waals surface area contributed by atoms with E-state index in [1.54, 1.807) is 19.2 Å². The minimum absolute atomic E-state index is 0.162. The second-order valence-corrected chi connectivity index (χ2v) is 4.88. The van der Waals surface area contributed by atoms with Crippen LogP contribution in [0, 0.1) is 5.82 Å². The van der Waals surface area contributed by atoms with Crippen molar-refractivity contribution in [3.05, 3.63) is 34.1 Å². The smallest absolute Gasteiger partial charge is 0.132 e. The molecule has 0 aliphatic carbocycles. The van der Waals surface area contributed by atoms with Crippen molar-refractivity contribution in [2.24, 2.45) is 0 Å². The third kappa shape index (κ3) is 2.97. The lowest BCUT2D eigenvalue weighted by atomic mass is 9.90. The molecule has 0 amide bonds. The Labute approximate surface area is 106 Å². The van der Waals surface area contributed by atoms with Crippen molar-refractivity contribution in [1.82, 2.24) is 5.32 Å². The van der Waals surface area contributed by atoms with E-state index in [-0.39, 0.29) is 18.3 Å². The summed E-state index contributed by atoms with van der Waals surface area (Å²) in [7, 11) is 1.56. The molecule has 1 aromatic carbocycles. The van der Waals surface area contributed by atoms with Crippen molar-refractivity contribution >= 4 is 11.6 Å². The van der Waals surface area contributed by atoms with Crippen molar-refractivity contribution in [3.8, 4) is 0 Å². The molecule has 1 aromatic rings. The van der Waals surface area contributed by atoms with E-state index in [1.807, 2.05) is 0 Å². The lowest BCUT2D eigenvalue weighted by Gasteiger charge is -2.24. The molecule has 1 fully saturated rings. The van der Waals surface area contributed by atoms with Gasteiger partial charge < -0.3 is 10.1 Å². The number of hydrogen-bond acceptors (Lipinski definition) is 2. The van der Waals surface area contributed by atoms with E-state index in [0.717, 1.165) is 31.5 Å². The van der Waals surface area contributed by atoms with E-state index in [9.17, 15) is 4.39 Å². The molecule has 1 unspecified atom stereocenters. The van der Waals surface area contributed by atoms with Gasteiger partial charge >= 0.3 is 0 Å². The van der Waals surface area contributed by atoms with E-state index in [0.29, 0.717) is 10.6 Å². The third-order valence-electron chi connectivity index (χ3n) is 3.18. The second kappa shape index (κ2) is 5.80. The van der Waals surface area contributed by atoms with Crippen molar-refractivity contribution in [1.29, 1.82) is 0 Å². The molecule has 2 nitrogen and oxygen atoms in total. The lowest BCUT2D eigenvalue weighted by molar-refractivity contribution is 0.181. The fraction of sp³-hybridized carbons (Fsp3) is 0.538. The summed E-state index contributed by atoms with van der Waals surface area (Å²) in [6, 6.07) is 3.38. The fourth-order valence-corrected chi connectivity index (χ4v) is 2.59. The molecule has 0 bridgehead atoms. The zero-order chi connectivity index (χ0) is 12.3. The number of halogens is 2. The molecule has 1 heterocycles. The topological polar surface area (TPSA) is 21.3 Å². The Hall–Kier alpha value is -0.640. The van der Waals surface area contributed by atoms with Crippen molar-refractivity contribution < 1.29 is 9.13 Å². The zero-order valence-corrected chi connectivity index (χ0v) is 10.7. The summed E-state index contributed by atoms with van der Waals surface area (Å²) in [6.07, 6.45) is 2.09. The zero-order valence-electron chi connectivity index (χ0n) is 9.93. The predicted octanol–water partition coefficient (Wildman–Crippen LogP) is 3.09. The Morgan fingerprint density at radius 2 is 2.35 bits per heavy atom. The van der Waals surface area contributed by atoms with Crippen LogP contribution in [0.4, 0.5) is 4.39 Å². The van der Waals surface area contributed by atoms with Gasteiger partial charge in [0.25, 0.3) is 0 Å². The van der Waals surface area contributed by atoms with Crippen LogP contribution in [0.5, 0.6) is 0 Å². The van der Waals surface area contributed by atoms with E-state index >= 15 is 0 Å². The van der Waals surface area contributed by atoms with Crippen molar-refractivity contribution in [2.45, 2.75) is 25.4 Å². The minimum Gasteiger partial charge on any atom is -0.380 e. The maximum Gasteiger partial charge on any atom is 0.132 e. The van der Waals surface area contributed by atoms with Gasteiger partial charge in [-0.15, -0.1) is 0 Å². The van der Waals surface area contributed by atoms with Gasteiger partial charge in [-0.05, 0) is 43.0 Å². The van der Waals surface area contributed by atoms with E-state index in [4.69, 9.17) is 16.3 Å². The first-order chi connectivity index (χ1) is 8.22. The highest BCUT2D eigenvalue weighted by atomic mass is 35.5. The highest BCUT2D eigenvalue weighted by Gasteiger charge is 2.21. The number of rotatable bonds is 3. The van der Waals surface area contributed by atoms with Gasteiger partial charge in [-0.3, -0.25) is 0 Å². The number of ether oxygens (including phenoxy) is 1. The molecule has 4 heteroatoms. The SMILES string of the molecule is COCc1cc(Cl)cc(C2CCCNC2)c1F. The molecule has 2 rings (SSSR count). The van der Waals surface area contributed by atoms with Gasteiger partial charge in [0.1, 0.15) is 5.82 Å². The van der Waals surface area contributed by atoms with Crippen LogP contribution in [-0.2, 0) is 11.3 Å². The normalized spacial score (nSPS) is 20.5. The molecule has 1 aliphatic heterocycles. The summed E-state index contributed by atoms with van der Waals surface area (Å²) >= 11 is 6.03. The van der Waals surface area contributed by atoms with Gasteiger partial charge in [-0.2, -0.15) is 0 Å². The molecule has 0 aromatic heterocycles. The van der Waals surface area contributed by atoms with Crippen LogP contribution in [0.25, 0.3) is 0 Å². The molecule has 0 radical (unpaired) electrons. The molecule has 1 atom stereocenters. The summed E-state index contributed by atoms with van der Waals surface area (Å²) in [5.41, 5.74) is 1.26. The molecule has 1 N–H and O–H groups in total. The van der Waals surface area contributed by atoms with Gasteiger partial charge in [0.05, 0.1) is 6.61 Å². The Morgan fingerprint density at radius 3 is 3.00 bits per heavy atom. The monoisotopic (exact) mass is 257 g/mol. The number of piperidine rings is 1. The summed E-state index contributed by atoms with van der Waals surface area (Å²) in [6.45, 7) is 2.10. The Bertz CT molecular complexity index is 391. The predicted molar refractivity (Wildman–Crippen MR) is 67.0 cm³/mol. The first kappa shape index (κ1) is 12.8. The largest absolute Gasteiger partial charge is 0.380 e. The summed E-state index contributed by atoms with van der Waals surface area (Å²) in [5, 5.41) is 3.87. The van der Waals surface area contributed by atoms with Crippen LogP contribution in [0.2, 0.25) is 5.02 Å². The number of benzene rings is 1. The average molecular weight is 258 g/mol. The molecule has 1 aliphatic rings. The van der Waals surface area contributed by atoms with Gasteiger partial charge in [0.2, 0.25) is 0 Å². The first-order valence-corrected chi connectivity index (χ1v) is 6.27. The van der Waals surface area contributed by atoms with Crippen LogP contribution in [0.1, 0.15) is 29.9 Å². The second-order valence-electron chi connectivity index (χ2n) is 4.44. The molecule has 0 spiro atoms.